The van der Waals surface area contributed by atoms with Gasteiger partial charge in [-0.3, -0.25) is 4.79 Å². The number of fused-ring (bicyclic) bond motifs is 2. The number of nitrogens with two attached hydrogens (primary N) is 1. The van der Waals surface area contributed by atoms with Crippen molar-refractivity contribution in [1.82, 2.24) is 29.1 Å². The quantitative estimate of drug-likeness (QED) is 0.392. The first-order valence-electron chi connectivity index (χ1n) is 11.6. The maximum absolute atomic E-state index is 13.5. The van der Waals surface area contributed by atoms with Crippen molar-refractivity contribution in [2.75, 3.05) is 18.8 Å². The highest BCUT2D eigenvalue weighted by molar-refractivity contribution is 7.89. The molecule has 12 heteroatoms. The monoisotopic (exact) mass is 527 g/mol. The third-order valence-electron chi connectivity index (χ3n) is 6.32. The zero-order valence-electron chi connectivity index (χ0n) is 19.8. The van der Waals surface area contributed by atoms with Gasteiger partial charge >= 0.3 is 0 Å². The number of hydrogen-bond donors (Lipinski definition) is 2. The van der Waals surface area contributed by atoms with Crippen LogP contribution in [0.3, 0.4) is 0 Å². The van der Waals surface area contributed by atoms with Crippen molar-refractivity contribution in [3.63, 3.8) is 0 Å². The van der Waals surface area contributed by atoms with Crippen LogP contribution in [0.4, 0.5) is 5.82 Å². The molecule has 1 aliphatic rings. The zero-order chi connectivity index (χ0) is 25.6. The van der Waals surface area contributed by atoms with Gasteiger partial charge in [0, 0.05) is 29.5 Å². The van der Waals surface area contributed by atoms with Crippen LogP contribution in [-0.2, 0) is 21.4 Å². The number of nitrogens with one attached hydrogen (secondary N) is 1. The van der Waals surface area contributed by atoms with Gasteiger partial charge in [-0.15, -0.1) is 0 Å². The summed E-state index contributed by atoms with van der Waals surface area (Å²) in [6.07, 6.45) is 2.06. The van der Waals surface area contributed by atoms with E-state index in [-0.39, 0.29) is 36.1 Å². The van der Waals surface area contributed by atoms with Crippen molar-refractivity contribution in [3.05, 3.63) is 53.3 Å². The molecule has 3 N–H and O–H groups in total. The maximum atomic E-state index is 13.5. The van der Waals surface area contributed by atoms with Crippen molar-refractivity contribution in [2.24, 2.45) is 5.92 Å². The van der Waals surface area contributed by atoms with Crippen LogP contribution >= 0.6 is 11.6 Å². The number of carbonyl (C=O) groups is 1. The van der Waals surface area contributed by atoms with Gasteiger partial charge in [0.25, 0.3) is 10.0 Å². The first kappa shape index (κ1) is 24.4. The number of amides is 1. The number of H-pyrrole nitrogens is 1. The summed E-state index contributed by atoms with van der Waals surface area (Å²) in [6, 6.07) is 10.2. The highest BCUT2D eigenvalue weighted by Gasteiger charge is 2.40. The number of sulfonamides is 1. The number of piperazine rings is 1. The molecule has 1 amide bonds. The van der Waals surface area contributed by atoms with Gasteiger partial charge in [-0.05, 0) is 48.2 Å². The summed E-state index contributed by atoms with van der Waals surface area (Å²) in [7, 11) is -4.02. The third-order valence-corrected chi connectivity index (χ3v) is 8.20. The fourth-order valence-electron chi connectivity index (χ4n) is 4.61. The Hall–Kier alpha value is -3.28. The Labute approximate surface area is 213 Å². The summed E-state index contributed by atoms with van der Waals surface area (Å²) in [5, 5.41) is 1.02. The van der Waals surface area contributed by atoms with E-state index in [0.29, 0.717) is 40.4 Å². The standard InChI is InChI=1S/C24H26ClN7O3S/c1-14(2)7-17-11-31(36(34,35)24-29-19-6-4-16(25)9-21(19)30-24)12-22(33)32(17)10-15-3-5-18-20(8-15)27-13-28-23(18)26/h3-6,8-9,13-14,17H,7,10-12H2,1-2H3,(H,29,30)(H2,26,27,28). The molecule has 0 radical (unpaired) electrons. The van der Waals surface area contributed by atoms with Gasteiger partial charge in [-0.25, -0.2) is 23.4 Å². The van der Waals surface area contributed by atoms with E-state index in [2.05, 4.69) is 33.8 Å². The highest BCUT2D eigenvalue weighted by Crippen LogP contribution is 2.27. The molecule has 36 heavy (non-hydrogen) atoms. The Morgan fingerprint density at radius 2 is 1.97 bits per heavy atom. The SMILES string of the molecule is CC(C)CC1CN(S(=O)(=O)c2nc3ccc(Cl)cc3[nH]2)CC(=O)N1Cc1ccc2c(N)ncnc2c1. The van der Waals surface area contributed by atoms with Crippen molar-refractivity contribution in [3.8, 4) is 0 Å². The normalized spacial score (nSPS) is 17.5. The number of aromatic amines is 1. The number of hydrogen-bond acceptors (Lipinski definition) is 7. The van der Waals surface area contributed by atoms with Crippen LogP contribution in [0.2, 0.25) is 5.02 Å². The van der Waals surface area contributed by atoms with Gasteiger partial charge in [0.2, 0.25) is 11.1 Å². The number of halogens is 1. The Kier molecular flexibility index (Phi) is 6.31. The molecule has 0 bridgehead atoms. The van der Waals surface area contributed by atoms with E-state index >= 15 is 0 Å². The Bertz CT molecular complexity index is 1570. The molecule has 3 heterocycles. The van der Waals surface area contributed by atoms with Crippen LogP contribution in [-0.4, -0.2) is 62.6 Å². The number of benzene rings is 2. The maximum Gasteiger partial charge on any atom is 0.277 e. The van der Waals surface area contributed by atoms with Crippen molar-refractivity contribution in [2.45, 2.75) is 38.0 Å². The minimum absolute atomic E-state index is 0.173. The summed E-state index contributed by atoms with van der Waals surface area (Å²) in [5.74, 6) is 0.384. The second-order valence-corrected chi connectivity index (χ2v) is 11.7. The molecule has 0 saturated carbocycles. The molecule has 1 aliphatic heterocycles. The van der Waals surface area contributed by atoms with Crippen LogP contribution in [0.1, 0.15) is 25.8 Å². The molecule has 1 saturated heterocycles. The molecule has 1 fully saturated rings. The van der Waals surface area contributed by atoms with Crippen LogP contribution in [0.25, 0.3) is 21.9 Å². The largest absolute Gasteiger partial charge is 0.383 e. The van der Waals surface area contributed by atoms with Crippen LogP contribution in [0.15, 0.2) is 47.9 Å². The second kappa shape index (κ2) is 9.30. The third kappa shape index (κ3) is 4.61. The first-order chi connectivity index (χ1) is 17.1. The van der Waals surface area contributed by atoms with E-state index in [0.717, 1.165) is 10.9 Å². The van der Waals surface area contributed by atoms with Gasteiger partial charge in [-0.2, -0.15) is 4.31 Å². The minimum Gasteiger partial charge on any atom is -0.383 e. The molecule has 5 rings (SSSR count). The van der Waals surface area contributed by atoms with E-state index in [9.17, 15) is 13.2 Å². The summed E-state index contributed by atoms with van der Waals surface area (Å²) in [6.45, 7) is 4.35. The molecule has 1 atom stereocenters. The average molecular weight is 528 g/mol. The molecule has 2 aromatic carbocycles. The van der Waals surface area contributed by atoms with Gasteiger partial charge in [-0.1, -0.05) is 31.5 Å². The Morgan fingerprint density at radius 1 is 1.17 bits per heavy atom. The summed E-state index contributed by atoms with van der Waals surface area (Å²) < 4.78 is 28.1. The lowest BCUT2D eigenvalue weighted by atomic mass is 9.99. The molecule has 0 aliphatic carbocycles. The van der Waals surface area contributed by atoms with Gasteiger partial charge in [0.1, 0.15) is 12.1 Å². The smallest absolute Gasteiger partial charge is 0.277 e. The van der Waals surface area contributed by atoms with Crippen LogP contribution in [0.5, 0.6) is 0 Å². The fraction of sp³-hybridized carbons (Fsp3) is 0.333. The Balaban J connectivity index is 1.43. The molecule has 2 aromatic heterocycles. The van der Waals surface area contributed by atoms with Crippen LogP contribution in [0, 0.1) is 5.92 Å². The number of nitrogens with zero attached hydrogens (tertiary/aromatic N) is 5. The van der Waals surface area contributed by atoms with Gasteiger partial charge < -0.3 is 15.6 Å². The summed E-state index contributed by atoms with van der Waals surface area (Å²) in [4.78, 5) is 30.5. The second-order valence-electron chi connectivity index (χ2n) is 9.42. The van der Waals surface area contributed by atoms with Crippen LogP contribution < -0.4 is 5.73 Å². The predicted octanol–water partition coefficient (Wildman–Crippen LogP) is 3.19. The summed E-state index contributed by atoms with van der Waals surface area (Å²) >= 11 is 6.03. The van der Waals surface area contributed by atoms with Gasteiger partial charge in [0.05, 0.1) is 23.1 Å². The van der Waals surface area contributed by atoms with E-state index in [1.165, 1.54) is 10.6 Å². The Morgan fingerprint density at radius 3 is 2.75 bits per heavy atom. The average Bonchev–Trinajstić information content (AvgIpc) is 3.25. The van der Waals surface area contributed by atoms with Crippen molar-refractivity contribution in [1.29, 1.82) is 0 Å². The highest BCUT2D eigenvalue weighted by atomic mass is 35.5. The lowest BCUT2D eigenvalue weighted by Gasteiger charge is -2.41. The first-order valence-corrected chi connectivity index (χ1v) is 13.4. The molecule has 10 nitrogen and oxygen atoms in total. The summed E-state index contributed by atoms with van der Waals surface area (Å²) in [5.41, 5.74) is 8.52. The molecular formula is C24H26ClN7O3S. The topological polar surface area (TPSA) is 138 Å². The number of anilines is 1. The molecule has 0 spiro atoms. The van der Waals surface area contributed by atoms with E-state index in [4.69, 9.17) is 17.3 Å². The zero-order valence-corrected chi connectivity index (χ0v) is 21.4. The molecular weight excluding hydrogens is 502 g/mol. The number of rotatable bonds is 6. The van der Waals surface area contributed by atoms with E-state index < -0.39 is 10.0 Å². The van der Waals surface area contributed by atoms with Crippen molar-refractivity contribution < 1.29 is 13.2 Å². The minimum atomic E-state index is -4.02. The molecule has 188 valence electrons. The fourth-order valence-corrected chi connectivity index (χ4v) is 6.13. The van der Waals surface area contributed by atoms with Gasteiger partial charge in [0.15, 0.2) is 0 Å². The van der Waals surface area contributed by atoms with Crippen molar-refractivity contribution >= 4 is 55.3 Å². The molecule has 1 unspecified atom stereocenters. The molecule has 4 aromatic rings. The lowest BCUT2D eigenvalue weighted by Crippen LogP contribution is -2.57. The van der Waals surface area contributed by atoms with E-state index in [1.54, 1.807) is 23.1 Å². The number of nitrogen functional groups attached to an aromatic ring is 1. The number of aromatic nitrogens is 4. The van der Waals surface area contributed by atoms with E-state index in [1.807, 2.05) is 18.2 Å². The lowest BCUT2D eigenvalue weighted by molar-refractivity contribution is -0.138. The predicted molar refractivity (Wildman–Crippen MR) is 138 cm³/mol. The number of imidazole rings is 1. The number of carbonyl (C=O) groups excluding carboxylic acids is 1.